The molecule has 19 heavy (non-hydrogen) atoms. The lowest BCUT2D eigenvalue weighted by Crippen LogP contribution is -2.38. The standard InChI is InChI=1S/C12H19N3O4/c1-10(16)3-4-11(17)13-5-6-14-7-8-15(9-19-2)12(14)18/h3-4H,5-9H2,1-2H3,(H,13,17). The summed E-state index contributed by atoms with van der Waals surface area (Å²) >= 11 is 0. The summed E-state index contributed by atoms with van der Waals surface area (Å²) in [6.45, 7) is 3.71. The van der Waals surface area contributed by atoms with Crippen molar-refractivity contribution in [3.05, 3.63) is 12.2 Å². The molecule has 3 amide bonds. The van der Waals surface area contributed by atoms with Gasteiger partial charge in [-0.2, -0.15) is 0 Å². The Morgan fingerprint density at radius 3 is 2.63 bits per heavy atom. The Balaban J connectivity index is 2.25. The van der Waals surface area contributed by atoms with Gasteiger partial charge in [-0.05, 0) is 13.0 Å². The first-order chi connectivity index (χ1) is 9.04. The summed E-state index contributed by atoms with van der Waals surface area (Å²) in [4.78, 5) is 36.9. The van der Waals surface area contributed by atoms with Gasteiger partial charge in [0.15, 0.2) is 5.78 Å². The van der Waals surface area contributed by atoms with E-state index in [1.54, 1.807) is 9.80 Å². The third kappa shape index (κ3) is 5.09. The van der Waals surface area contributed by atoms with E-state index >= 15 is 0 Å². The number of allylic oxidation sites excluding steroid dienone is 1. The van der Waals surface area contributed by atoms with Crippen molar-refractivity contribution in [2.75, 3.05) is 40.0 Å². The molecule has 1 heterocycles. The van der Waals surface area contributed by atoms with Gasteiger partial charge >= 0.3 is 6.03 Å². The summed E-state index contributed by atoms with van der Waals surface area (Å²) in [5, 5.41) is 2.61. The fraction of sp³-hybridized carbons (Fsp3) is 0.583. The molecule has 0 aromatic rings. The van der Waals surface area contributed by atoms with E-state index in [2.05, 4.69) is 5.32 Å². The van der Waals surface area contributed by atoms with Crippen molar-refractivity contribution in [1.82, 2.24) is 15.1 Å². The van der Waals surface area contributed by atoms with E-state index in [-0.39, 0.29) is 24.5 Å². The Morgan fingerprint density at radius 1 is 1.32 bits per heavy atom. The number of ether oxygens (including phenoxy) is 1. The zero-order chi connectivity index (χ0) is 14.3. The van der Waals surface area contributed by atoms with Crippen LogP contribution in [0.1, 0.15) is 6.92 Å². The number of urea groups is 1. The fourth-order valence-corrected chi connectivity index (χ4v) is 1.68. The first-order valence-electron chi connectivity index (χ1n) is 6.04. The van der Waals surface area contributed by atoms with Gasteiger partial charge in [-0.25, -0.2) is 4.79 Å². The average Bonchev–Trinajstić information content (AvgIpc) is 2.70. The van der Waals surface area contributed by atoms with Crippen LogP contribution in [0.5, 0.6) is 0 Å². The number of hydrogen-bond donors (Lipinski definition) is 1. The van der Waals surface area contributed by atoms with E-state index in [9.17, 15) is 14.4 Å². The quantitative estimate of drug-likeness (QED) is 0.637. The molecule has 1 saturated heterocycles. The lowest BCUT2D eigenvalue weighted by Gasteiger charge is -2.17. The van der Waals surface area contributed by atoms with Gasteiger partial charge in [0.2, 0.25) is 5.91 Å². The molecule has 1 N–H and O–H groups in total. The highest BCUT2D eigenvalue weighted by molar-refractivity contribution is 5.96. The highest BCUT2D eigenvalue weighted by Crippen LogP contribution is 2.07. The minimum absolute atomic E-state index is 0.0876. The molecule has 0 unspecified atom stereocenters. The molecule has 0 aromatic heterocycles. The van der Waals surface area contributed by atoms with E-state index < -0.39 is 0 Å². The van der Waals surface area contributed by atoms with Crippen LogP contribution < -0.4 is 5.32 Å². The molecule has 0 bridgehead atoms. The molecule has 0 spiro atoms. The van der Waals surface area contributed by atoms with Crippen LogP contribution in [0.4, 0.5) is 4.79 Å². The molecule has 1 rings (SSSR count). The fourth-order valence-electron chi connectivity index (χ4n) is 1.68. The van der Waals surface area contributed by atoms with E-state index in [0.717, 1.165) is 0 Å². The van der Waals surface area contributed by atoms with Crippen molar-refractivity contribution in [3.63, 3.8) is 0 Å². The lowest BCUT2D eigenvalue weighted by atomic mass is 10.4. The molecule has 0 aromatic carbocycles. The second kappa shape index (κ2) is 7.52. The molecule has 0 saturated carbocycles. The van der Waals surface area contributed by atoms with Crippen LogP contribution in [0.3, 0.4) is 0 Å². The summed E-state index contributed by atoms with van der Waals surface area (Å²) in [6, 6.07) is -0.0876. The zero-order valence-electron chi connectivity index (χ0n) is 11.2. The molecular weight excluding hydrogens is 250 g/mol. The maximum absolute atomic E-state index is 11.8. The zero-order valence-corrected chi connectivity index (χ0v) is 11.2. The normalized spacial score (nSPS) is 15.4. The van der Waals surface area contributed by atoms with Crippen molar-refractivity contribution in [2.45, 2.75) is 6.92 Å². The van der Waals surface area contributed by atoms with Gasteiger partial charge in [-0.3, -0.25) is 14.5 Å². The highest BCUT2D eigenvalue weighted by atomic mass is 16.5. The molecule has 0 radical (unpaired) electrons. The number of amides is 3. The van der Waals surface area contributed by atoms with Crippen LogP contribution in [0.2, 0.25) is 0 Å². The summed E-state index contributed by atoms with van der Waals surface area (Å²) in [7, 11) is 1.54. The third-order valence-corrected chi connectivity index (χ3v) is 2.62. The van der Waals surface area contributed by atoms with Gasteiger partial charge in [0.25, 0.3) is 0 Å². The number of nitrogens with zero attached hydrogens (tertiary/aromatic N) is 2. The Morgan fingerprint density at radius 2 is 2.00 bits per heavy atom. The number of ketones is 1. The molecule has 7 nitrogen and oxygen atoms in total. The maximum atomic E-state index is 11.8. The molecule has 106 valence electrons. The first kappa shape index (κ1) is 15.2. The Hall–Kier alpha value is -1.89. The van der Waals surface area contributed by atoms with E-state index in [4.69, 9.17) is 4.74 Å². The summed E-state index contributed by atoms with van der Waals surface area (Å²) in [6.07, 6.45) is 2.39. The first-order valence-corrected chi connectivity index (χ1v) is 6.04. The van der Waals surface area contributed by atoms with Crippen LogP contribution in [0.15, 0.2) is 12.2 Å². The van der Waals surface area contributed by atoms with Crippen molar-refractivity contribution >= 4 is 17.7 Å². The second-order valence-electron chi connectivity index (χ2n) is 4.19. The maximum Gasteiger partial charge on any atom is 0.322 e. The SMILES string of the molecule is COCN1CCN(CCNC(=O)C=CC(C)=O)C1=O. The number of rotatable bonds is 7. The molecule has 0 atom stereocenters. The van der Waals surface area contributed by atoms with Gasteiger partial charge in [0, 0.05) is 39.4 Å². The monoisotopic (exact) mass is 269 g/mol. The van der Waals surface area contributed by atoms with Crippen molar-refractivity contribution in [2.24, 2.45) is 0 Å². The second-order valence-corrected chi connectivity index (χ2v) is 4.19. The molecule has 1 aliphatic rings. The van der Waals surface area contributed by atoms with Crippen LogP contribution in [0.25, 0.3) is 0 Å². The highest BCUT2D eigenvalue weighted by Gasteiger charge is 2.27. The van der Waals surface area contributed by atoms with Crippen LogP contribution in [-0.2, 0) is 14.3 Å². The smallest absolute Gasteiger partial charge is 0.322 e. The number of carbonyl (C=O) groups excluding carboxylic acids is 3. The Kier molecular flexibility index (Phi) is 6.01. The predicted molar refractivity (Wildman–Crippen MR) is 68.4 cm³/mol. The van der Waals surface area contributed by atoms with E-state index in [0.29, 0.717) is 26.2 Å². The van der Waals surface area contributed by atoms with Crippen LogP contribution >= 0.6 is 0 Å². The summed E-state index contributed by atoms with van der Waals surface area (Å²) in [5.74, 6) is -0.518. The van der Waals surface area contributed by atoms with Gasteiger partial charge in [-0.15, -0.1) is 0 Å². The number of methoxy groups -OCH3 is 1. The average molecular weight is 269 g/mol. The molecule has 7 heteroatoms. The number of carbonyl (C=O) groups is 3. The van der Waals surface area contributed by atoms with Gasteiger partial charge < -0.3 is 15.0 Å². The number of nitrogens with one attached hydrogen (secondary N) is 1. The van der Waals surface area contributed by atoms with E-state index in [1.165, 1.54) is 26.2 Å². The minimum atomic E-state index is -0.337. The molecule has 1 fully saturated rings. The van der Waals surface area contributed by atoms with Gasteiger partial charge in [-0.1, -0.05) is 0 Å². The molecule has 0 aliphatic carbocycles. The Bertz CT molecular complexity index is 381. The minimum Gasteiger partial charge on any atom is -0.364 e. The summed E-state index contributed by atoms with van der Waals surface area (Å²) < 4.78 is 4.91. The van der Waals surface area contributed by atoms with Crippen molar-refractivity contribution in [1.29, 1.82) is 0 Å². The largest absolute Gasteiger partial charge is 0.364 e. The number of hydrogen-bond acceptors (Lipinski definition) is 4. The third-order valence-electron chi connectivity index (χ3n) is 2.62. The van der Waals surface area contributed by atoms with Crippen LogP contribution in [0, 0.1) is 0 Å². The molecular formula is C12H19N3O4. The summed E-state index contributed by atoms with van der Waals surface area (Å²) in [5.41, 5.74) is 0. The van der Waals surface area contributed by atoms with Gasteiger partial charge in [0.1, 0.15) is 6.73 Å². The predicted octanol–water partition coefficient (Wildman–Crippen LogP) is -0.411. The topological polar surface area (TPSA) is 79.0 Å². The Labute approximate surface area is 112 Å². The van der Waals surface area contributed by atoms with Crippen molar-refractivity contribution in [3.8, 4) is 0 Å². The lowest BCUT2D eigenvalue weighted by molar-refractivity contribution is -0.117. The van der Waals surface area contributed by atoms with Crippen LogP contribution in [-0.4, -0.2) is 67.5 Å². The van der Waals surface area contributed by atoms with Gasteiger partial charge in [0.05, 0.1) is 0 Å². The molecule has 1 aliphatic heterocycles. The van der Waals surface area contributed by atoms with E-state index in [1.807, 2.05) is 0 Å². The van der Waals surface area contributed by atoms with Crippen molar-refractivity contribution < 1.29 is 19.1 Å².